The Labute approximate surface area is 84.7 Å². The van der Waals surface area contributed by atoms with Crippen LogP contribution < -0.4 is 5.73 Å². The molecule has 1 unspecified atom stereocenters. The fraction of sp³-hybridized carbons (Fsp3) is 0.222. The van der Waals surface area contributed by atoms with E-state index < -0.39 is 6.04 Å². The lowest BCUT2D eigenvalue weighted by Gasteiger charge is -2.08. The van der Waals surface area contributed by atoms with Gasteiger partial charge in [-0.2, -0.15) is 0 Å². The van der Waals surface area contributed by atoms with Gasteiger partial charge in [0.2, 0.25) is 0 Å². The molecule has 1 aromatic carbocycles. The van der Waals surface area contributed by atoms with Crippen LogP contribution in [0.3, 0.4) is 0 Å². The van der Waals surface area contributed by atoms with Crippen molar-refractivity contribution in [3.63, 3.8) is 0 Å². The van der Waals surface area contributed by atoms with E-state index >= 15 is 0 Å². The normalized spacial score (nSPS) is 12.5. The summed E-state index contributed by atoms with van der Waals surface area (Å²) in [6, 6.07) is 4.19. The van der Waals surface area contributed by atoms with E-state index in [9.17, 15) is 9.90 Å². The van der Waals surface area contributed by atoms with E-state index in [2.05, 4.69) is 15.9 Å². The lowest BCUT2D eigenvalue weighted by molar-refractivity contribution is 0.0964. The third kappa shape index (κ3) is 2.08. The molecule has 0 saturated carbocycles. The Morgan fingerprint density at radius 3 is 2.69 bits per heavy atom. The predicted octanol–water partition coefficient (Wildman–Crippen LogP) is 1.68. The van der Waals surface area contributed by atoms with Crippen molar-refractivity contribution < 1.29 is 9.90 Å². The van der Waals surface area contributed by atoms with Crippen LogP contribution in [0.2, 0.25) is 0 Å². The van der Waals surface area contributed by atoms with Crippen LogP contribution in [0.4, 0.5) is 0 Å². The van der Waals surface area contributed by atoms with Crippen LogP contribution in [0, 0.1) is 0 Å². The molecule has 0 saturated heterocycles. The van der Waals surface area contributed by atoms with Crippen molar-refractivity contribution in [1.29, 1.82) is 0 Å². The van der Waals surface area contributed by atoms with Gasteiger partial charge in [0.05, 0.1) is 11.6 Å². The van der Waals surface area contributed by atoms with Crippen LogP contribution in [0.25, 0.3) is 0 Å². The third-order valence-electron chi connectivity index (χ3n) is 1.65. The van der Waals surface area contributed by atoms with Crippen molar-refractivity contribution in [2.45, 2.75) is 13.0 Å². The third-order valence-corrected chi connectivity index (χ3v) is 2.31. The van der Waals surface area contributed by atoms with Crippen molar-refractivity contribution in [3.8, 4) is 5.75 Å². The first-order valence-corrected chi connectivity index (χ1v) is 4.60. The maximum absolute atomic E-state index is 11.5. The molecule has 1 aromatic rings. The van der Waals surface area contributed by atoms with E-state index in [4.69, 9.17) is 5.73 Å². The Morgan fingerprint density at radius 2 is 2.23 bits per heavy atom. The number of phenolic OH excluding ortho intramolecular Hbond substituents is 1. The summed E-state index contributed by atoms with van der Waals surface area (Å²) in [5.74, 6) is -0.318. The van der Waals surface area contributed by atoms with E-state index in [1.165, 1.54) is 6.07 Å². The number of ketones is 1. The zero-order valence-electron chi connectivity index (χ0n) is 7.12. The van der Waals surface area contributed by atoms with Crippen molar-refractivity contribution >= 4 is 21.7 Å². The highest BCUT2D eigenvalue weighted by Gasteiger charge is 2.17. The summed E-state index contributed by atoms with van der Waals surface area (Å²) in [5.41, 5.74) is 5.67. The van der Waals surface area contributed by atoms with Gasteiger partial charge in [-0.3, -0.25) is 4.79 Å². The number of halogens is 1. The van der Waals surface area contributed by atoms with Crippen molar-refractivity contribution in [2.75, 3.05) is 0 Å². The zero-order valence-corrected chi connectivity index (χ0v) is 8.71. The molecule has 0 radical (unpaired) electrons. The van der Waals surface area contributed by atoms with E-state index in [0.29, 0.717) is 4.47 Å². The number of phenols is 1. The van der Waals surface area contributed by atoms with Crippen LogP contribution in [-0.4, -0.2) is 16.9 Å². The van der Waals surface area contributed by atoms with Gasteiger partial charge >= 0.3 is 0 Å². The number of benzene rings is 1. The molecular formula is C9H10BrNO2. The number of carbonyl (C=O) groups excluding carboxylic acids is 1. The van der Waals surface area contributed by atoms with Gasteiger partial charge in [0, 0.05) is 4.47 Å². The molecule has 0 aliphatic rings. The first-order valence-electron chi connectivity index (χ1n) is 3.81. The number of Topliss-reactive ketones (excluding diaryl/α,β-unsaturated/α-hetero) is 1. The number of rotatable bonds is 2. The molecule has 4 heteroatoms. The Hall–Kier alpha value is -0.870. The number of carbonyl (C=O) groups is 1. The van der Waals surface area contributed by atoms with Crippen molar-refractivity contribution in [3.05, 3.63) is 28.2 Å². The van der Waals surface area contributed by atoms with Crippen LogP contribution in [0.15, 0.2) is 22.7 Å². The van der Waals surface area contributed by atoms with Gasteiger partial charge in [-0.15, -0.1) is 0 Å². The van der Waals surface area contributed by atoms with Gasteiger partial charge in [0.25, 0.3) is 0 Å². The van der Waals surface area contributed by atoms with E-state index in [1.54, 1.807) is 19.1 Å². The smallest absolute Gasteiger partial charge is 0.184 e. The Bertz CT molecular complexity index is 316. The fourth-order valence-corrected chi connectivity index (χ4v) is 1.54. The first-order chi connectivity index (χ1) is 6.04. The highest BCUT2D eigenvalue weighted by molar-refractivity contribution is 9.10. The first kappa shape index (κ1) is 10.2. The molecule has 1 rings (SSSR count). The van der Waals surface area contributed by atoms with E-state index in [1.807, 2.05) is 0 Å². The van der Waals surface area contributed by atoms with Gasteiger partial charge in [-0.05, 0) is 35.0 Å². The highest BCUT2D eigenvalue weighted by Crippen LogP contribution is 2.26. The number of aromatic hydroxyl groups is 1. The number of nitrogens with two attached hydrogens (primary N) is 1. The Balaban J connectivity index is 3.20. The molecule has 0 spiro atoms. The van der Waals surface area contributed by atoms with E-state index in [0.717, 1.165) is 0 Å². The highest BCUT2D eigenvalue weighted by atomic mass is 79.9. The van der Waals surface area contributed by atoms with Gasteiger partial charge in [0.1, 0.15) is 5.75 Å². The molecular weight excluding hydrogens is 234 g/mol. The molecule has 0 fully saturated rings. The summed E-state index contributed by atoms with van der Waals surface area (Å²) in [6.45, 7) is 1.58. The molecule has 0 aromatic heterocycles. The predicted molar refractivity (Wildman–Crippen MR) is 53.8 cm³/mol. The Kier molecular flexibility index (Phi) is 3.06. The molecule has 3 N–H and O–H groups in total. The summed E-state index contributed by atoms with van der Waals surface area (Å²) < 4.78 is 0.565. The van der Waals surface area contributed by atoms with Crippen LogP contribution >= 0.6 is 15.9 Å². The van der Waals surface area contributed by atoms with Gasteiger partial charge in [0.15, 0.2) is 5.78 Å². The molecule has 0 heterocycles. The van der Waals surface area contributed by atoms with Gasteiger partial charge in [-0.1, -0.05) is 6.07 Å². The molecule has 0 aliphatic carbocycles. The minimum absolute atomic E-state index is 0.0447. The summed E-state index contributed by atoms with van der Waals surface area (Å²) in [7, 11) is 0. The standard InChI is InChI=1S/C9H10BrNO2/c1-5(11)9(13)8-6(10)3-2-4-7(8)12/h2-5,12H,11H2,1H3. The number of hydrogen-bond acceptors (Lipinski definition) is 3. The summed E-state index contributed by atoms with van der Waals surface area (Å²) in [4.78, 5) is 11.5. The van der Waals surface area contributed by atoms with Crippen LogP contribution in [0.1, 0.15) is 17.3 Å². The average molecular weight is 244 g/mol. The van der Waals surface area contributed by atoms with Crippen LogP contribution in [-0.2, 0) is 0 Å². The minimum atomic E-state index is -0.607. The van der Waals surface area contributed by atoms with Gasteiger partial charge in [-0.25, -0.2) is 0 Å². The molecule has 1 atom stereocenters. The molecule has 0 aliphatic heterocycles. The minimum Gasteiger partial charge on any atom is -0.507 e. The SMILES string of the molecule is CC(N)C(=O)c1c(O)cccc1Br. The quantitative estimate of drug-likeness (QED) is 0.778. The van der Waals surface area contributed by atoms with Crippen LogP contribution in [0.5, 0.6) is 5.75 Å². The average Bonchev–Trinajstić information content (AvgIpc) is 2.03. The topological polar surface area (TPSA) is 63.3 Å². The lowest BCUT2D eigenvalue weighted by atomic mass is 10.1. The molecule has 0 bridgehead atoms. The second-order valence-corrected chi connectivity index (χ2v) is 3.64. The summed E-state index contributed by atoms with van der Waals surface area (Å²) >= 11 is 3.18. The van der Waals surface area contributed by atoms with Crippen molar-refractivity contribution in [1.82, 2.24) is 0 Å². The monoisotopic (exact) mass is 243 g/mol. The maximum Gasteiger partial charge on any atom is 0.184 e. The lowest BCUT2D eigenvalue weighted by Crippen LogP contribution is -2.26. The largest absolute Gasteiger partial charge is 0.507 e. The summed E-state index contributed by atoms with van der Waals surface area (Å²) in [6.07, 6.45) is 0. The Morgan fingerprint density at radius 1 is 1.62 bits per heavy atom. The molecule has 0 amide bonds. The second-order valence-electron chi connectivity index (χ2n) is 2.79. The fourth-order valence-electron chi connectivity index (χ4n) is 0.984. The van der Waals surface area contributed by atoms with Crippen molar-refractivity contribution in [2.24, 2.45) is 5.73 Å². The zero-order chi connectivity index (χ0) is 10.0. The molecule has 3 nitrogen and oxygen atoms in total. The second kappa shape index (κ2) is 3.89. The molecule has 13 heavy (non-hydrogen) atoms. The summed E-state index contributed by atoms with van der Waals surface area (Å²) in [5, 5.41) is 9.40. The van der Waals surface area contributed by atoms with Gasteiger partial charge < -0.3 is 10.8 Å². The van der Waals surface area contributed by atoms with E-state index in [-0.39, 0.29) is 17.1 Å². The maximum atomic E-state index is 11.5. The molecule has 70 valence electrons. The number of hydrogen-bond donors (Lipinski definition) is 2.